The number of rotatable bonds is 4. The molecular weight excluding hydrogens is 311 g/mol. The maximum atomic E-state index is 13.2. The summed E-state index contributed by atoms with van der Waals surface area (Å²) in [6, 6.07) is 11.9. The van der Waals surface area contributed by atoms with Gasteiger partial charge in [0.2, 0.25) is 0 Å². The summed E-state index contributed by atoms with van der Waals surface area (Å²) in [6.07, 6.45) is -0.601. The molecule has 0 unspecified atom stereocenters. The topological polar surface area (TPSA) is 29.5 Å². The van der Waals surface area contributed by atoms with Crippen LogP contribution in [0.25, 0.3) is 0 Å². The number of benzene rings is 2. The molecule has 1 atom stereocenters. The Kier molecular flexibility index (Phi) is 4.56. The number of aliphatic hydroxyl groups excluding tert-OH is 1. The van der Waals surface area contributed by atoms with Crippen LogP contribution in [0.1, 0.15) is 24.2 Å². The van der Waals surface area contributed by atoms with Gasteiger partial charge in [0.25, 0.3) is 0 Å². The van der Waals surface area contributed by atoms with Crippen molar-refractivity contribution in [1.82, 2.24) is 0 Å². The van der Waals surface area contributed by atoms with E-state index < -0.39 is 6.10 Å². The smallest absolute Gasteiger partial charge is 0.125 e. The fourth-order valence-electron chi connectivity index (χ4n) is 1.81. The molecule has 2 nitrogen and oxygen atoms in total. The first-order valence-corrected chi connectivity index (χ1v) is 6.70. The Morgan fingerprint density at radius 1 is 1.26 bits per heavy atom. The SMILES string of the molecule is C[C@@H](O)c1ccccc1OCc1cc(F)cc(Br)c1. The van der Waals surface area contributed by atoms with Gasteiger partial charge in [-0.2, -0.15) is 0 Å². The third-order valence-corrected chi connectivity index (χ3v) is 3.14. The summed E-state index contributed by atoms with van der Waals surface area (Å²) < 4.78 is 19.6. The second kappa shape index (κ2) is 6.17. The van der Waals surface area contributed by atoms with Crippen molar-refractivity contribution in [3.8, 4) is 5.75 Å². The highest BCUT2D eigenvalue weighted by Gasteiger charge is 2.08. The van der Waals surface area contributed by atoms with Gasteiger partial charge in [0.1, 0.15) is 18.2 Å². The van der Waals surface area contributed by atoms with E-state index in [4.69, 9.17) is 4.74 Å². The number of hydrogen-bond acceptors (Lipinski definition) is 2. The predicted molar refractivity (Wildman–Crippen MR) is 75.5 cm³/mol. The van der Waals surface area contributed by atoms with Crippen LogP contribution in [-0.2, 0) is 6.61 Å². The summed E-state index contributed by atoms with van der Waals surface area (Å²) in [4.78, 5) is 0. The lowest BCUT2D eigenvalue weighted by molar-refractivity contribution is 0.190. The Morgan fingerprint density at radius 2 is 2.00 bits per heavy atom. The van der Waals surface area contributed by atoms with E-state index >= 15 is 0 Å². The molecule has 4 heteroatoms. The summed E-state index contributed by atoms with van der Waals surface area (Å²) in [6.45, 7) is 1.93. The largest absolute Gasteiger partial charge is 0.489 e. The first-order chi connectivity index (χ1) is 9.06. The number of halogens is 2. The van der Waals surface area contributed by atoms with E-state index in [1.807, 2.05) is 18.2 Å². The molecule has 0 aliphatic heterocycles. The molecule has 0 amide bonds. The lowest BCUT2D eigenvalue weighted by atomic mass is 10.1. The molecule has 0 heterocycles. The average molecular weight is 325 g/mol. The molecule has 19 heavy (non-hydrogen) atoms. The van der Waals surface area contributed by atoms with Gasteiger partial charge in [-0.25, -0.2) is 4.39 Å². The minimum Gasteiger partial charge on any atom is -0.489 e. The van der Waals surface area contributed by atoms with E-state index in [1.165, 1.54) is 12.1 Å². The zero-order chi connectivity index (χ0) is 13.8. The van der Waals surface area contributed by atoms with E-state index in [1.54, 1.807) is 19.1 Å². The van der Waals surface area contributed by atoms with Crippen molar-refractivity contribution in [2.24, 2.45) is 0 Å². The number of para-hydroxylation sites is 1. The van der Waals surface area contributed by atoms with Crippen molar-refractivity contribution >= 4 is 15.9 Å². The molecule has 0 radical (unpaired) electrons. The van der Waals surface area contributed by atoms with Crippen LogP contribution < -0.4 is 4.74 Å². The summed E-state index contributed by atoms with van der Waals surface area (Å²) in [5.74, 6) is 0.301. The minimum absolute atomic E-state index is 0.250. The molecule has 0 saturated carbocycles. The third-order valence-electron chi connectivity index (χ3n) is 2.69. The lowest BCUT2D eigenvalue weighted by Gasteiger charge is -2.13. The van der Waals surface area contributed by atoms with Crippen LogP contribution in [0, 0.1) is 5.82 Å². The zero-order valence-corrected chi connectivity index (χ0v) is 12.0. The Bertz CT molecular complexity index is 550. The fourth-order valence-corrected chi connectivity index (χ4v) is 2.33. The number of ether oxygens (including phenoxy) is 1. The van der Waals surface area contributed by atoms with Crippen molar-refractivity contribution in [3.05, 3.63) is 63.9 Å². The van der Waals surface area contributed by atoms with Crippen LogP contribution in [0.3, 0.4) is 0 Å². The normalized spacial score (nSPS) is 12.2. The van der Waals surface area contributed by atoms with Crippen LogP contribution in [0.15, 0.2) is 46.9 Å². The summed E-state index contributed by atoms with van der Waals surface area (Å²) in [5.41, 5.74) is 1.45. The number of aliphatic hydroxyl groups is 1. The van der Waals surface area contributed by atoms with Gasteiger partial charge in [0.15, 0.2) is 0 Å². The van der Waals surface area contributed by atoms with Crippen molar-refractivity contribution in [2.75, 3.05) is 0 Å². The van der Waals surface area contributed by atoms with E-state index in [-0.39, 0.29) is 12.4 Å². The van der Waals surface area contributed by atoms with Gasteiger partial charge < -0.3 is 9.84 Å². The Balaban J connectivity index is 2.14. The van der Waals surface area contributed by atoms with Crippen LogP contribution in [0.2, 0.25) is 0 Å². The second-order valence-electron chi connectivity index (χ2n) is 4.28. The molecule has 1 N–H and O–H groups in total. The fraction of sp³-hybridized carbons (Fsp3) is 0.200. The molecule has 0 aromatic heterocycles. The molecule has 0 fully saturated rings. The molecule has 2 aromatic rings. The van der Waals surface area contributed by atoms with Gasteiger partial charge in [0.05, 0.1) is 6.10 Å². The van der Waals surface area contributed by atoms with Gasteiger partial charge in [-0.15, -0.1) is 0 Å². The van der Waals surface area contributed by atoms with Crippen LogP contribution in [0.4, 0.5) is 4.39 Å². The van der Waals surface area contributed by atoms with Gasteiger partial charge >= 0.3 is 0 Å². The highest BCUT2D eigenvalue weighted by molar-refractivity contribution is 9.10. The first-order valence-electron chi connectivity index (χ1n) is 5.91. The highest BCUT2D eigenvalue weighted by atomic mass is 79.9. The van der Waals surface area contributed by atoms with Crippen molar-refractivity contribution in [1.29, 1.82) is 0 Å². The molecule has 0 bridgehead atoms. The van der Waals surface area contributed by atoms with Crippen molar-refractivity contribution in [3.63, 3.8) is 0 Å². The zero-order valence-electron chi connectivity index (χ0n) is 10.4. The van der Waals surface area contributed by atoms with Crippen molar-refractivity contribution in [2.45, 2.75) is 19.6 Å². The Hall–Kier alpha value is -1.39. The molecule has 100 valence electrons. The Labute approximate surface area is 120 Å². The molecule has 0 aliphatic carbocycles. The first kappa shape index (κ1) is 14.0. The highest BCUT2D eigenvalue weighted by Crippen LogP contribution is 2.25. The van der Waals surface area contributed by atoms with E-state index in [9.17, 15) is 9.50 Å². The van der Waals surface area contributed by atoms with Gasteiger partial charge in [-0.3, -0.25) is 0 Å². The standard InChI is InChI=1S/C15H14BrFO2/c1-10(18)14-4-2-3-5-15(14)19-9-11-6-12(16)8-13(17)7-11/h2-8,10,18H,9H2,1H3/t10-/m1/s1. The van der Waals surface area contributed by atoms with Crippen LogP contribution >= 0.6 is 15.9 Å². The van der Waals surface area contributed by atoms with Crippen LogP contribution in [-0.4, -0.2) is 5.11 Å². The molecular formula is C15H14BrFO2. The average Bonchev–Trinajstić information content (AvgIpc) is 2.35. The second-order valence-corrected chi connectivity index (χ2v) is 5.20. The predicted octanol–water partition coefficient (Wildman–Crippen LogP) is 4.22. The maximum Gasteiger partial charge on any atom is 0.125 e. The summed E-state index contributed by atoms with van der Waals surface area (Å²) in [7, 11) is 0. The van der Waals surface area contributed by atoms with Gasteiger partial charge in [-0.1, -0.05) is 34.1 Å². The van der Waals surface area contributed by atoms with Gasteiger partial charge in [-0.05, 0) is 36.8 Å². The van der Waals surface area contributed by atoms with E-state index in [0.717, 1.165) is 11.1 Å². The van der Waals surface area contributed by atoms with Crippen molar-refractivity contribution < 1.29 is 14.2 Å². The monoisotopic (exact) mass is 324 g/mol. The number of hydrogen-bond donors (Lipinski definition) is 1. The molecule has 2 rings (SSSR count). The maximum absolute atomic E-state index is 13.2. The Morgan fingerprint density at radius 3 is 2.68 bits per heavy atom. The molecule has 0 aliphatic rings. The third kappa shape index (κ3) is 3.78. The molecule has 0 saturated heterocycles. The molecule has 2 aromatic carbocycles. The van der Waals surface area contributed by atoms with E-state index in [2.05, 4.69) is 15.9 Å². The van der Waals surface area contributed by atoms with Gasteiger partial charge in [0, 0.05) is 10.0 Å². The lowest BCUT2D eigenvalue weighted by Crippen LogP contribution is -2.01. The quantitative estimate of drug-likeness (QED) is 0.912. The minimum atomic E-state index is -0.601. The van der Waals surface area contributed by atoms with Crippen LogP contribution in [0.5, 0.6) is 5.75 Å². The molecule has 0 spiro atoms. The summed E-state index contributed by atoms with van der Waals surface area (Å²) in [5, 5.41) is 9.64. The summed E-state index contributed by atoms with van der Waals surface area (Å²) >= 11 is 3.24. The van der Waals surface area contributed by atoms with E-state index in [0.29, 0.717) is 10.2 Å².